The van der Waals surface area contributed by atoms with Crippen molar-refractivity contribution >= 4 is 16.9 Å². The van der Waals surface area contributed by atoms with Gasteiger partial charge in [0.2, 0.25) is 0 Å². The second-order valence-electron chi connectivity index (χ2n) is 5.38. The van der Waals surface area contributed by atoms with Gasteiger partial charge in [-0.05, 0) is 32.9 Å². The van der Waals surface area contributed by atoms with Crippen LogP contribution in [0.5, 0.6) is 0 Å². The Kier molecular flexibility index (Phi) is 3.51. The standard InChI is InChI=1S/C15H16FNO2/c1-15(2,3)19-13(18)8-10-9-17-12-7-5-4-6-11(12)14(10)16/h4-7,9H,8H2,1-3H3. The molecule has 2 aromatic rings. The molecule has 4 heteroatoms. The summed E-state index contributed by atoms with van der Waals surface area (Å²) in [6, 6.07) is 6.92. The molecule has 0 saturated heterocycles. The van der Waals surface area contributed by atoms with E-state index in [9.17, 15) is 9.18 Å². The molecule has 0 atom stereocenters. The second kappa shape index (κ2) is 4.96. The Labute approximate surface area is 111 Å². The number of fused-ring (bicyclic) bond motifs is 1. The first kappa shape index (κ1) is 13.5. The van der Waals surface area contributed by atoms with Crippen molar-refractivity contribution in [1.29, 1.82) is 0 Å². The number of nitrogens with zero attached hydrogens (tertiary/aromatic N) is 1. The minimum atomic E-state index is -0.572. The summed E-state index contributed by atoms with van der Waals surface area (Å²) in [6.07, 6.45) is 1.28. The van der Waals surface area contributed by atoms with E-state index in [1.54, 1.807) is 45.0 Å². The van der Waals surface area contributed by atoms with Crippen molar-refractivity contribution in [3.8, 4) is 0 Å². The molecule has 0 unspecified atom stereocenters. The number of halogens is 1. The highest BCUT2D eigenvalue weighted by Gasteiger charge is 2.18. The number of aromatic nitrogens is 1. The number of pyridine rings is 1. The number of esters is 1. The number of para-hydroxylation sites is 1. The number of hydrogen-bond donors (Lipinski definition) is 0. The molecule has 3 nitrogen and oxygen atoms in total. The summed E-state index contributed by atoms with van der Waals surface area (Å²) in [5.41, 5.74) is 0.263. The van der Waals surface area contributed by atoms with E-state index in [1.807, 2.05) is 0 Å². The van der Waals surface area contributed by atoms with Gasteiger partial charge in [0.1, 0.15) is 11.4 Å². The Morgan fingerprint density at radius 3 is 2.68 bits per heavy atom. The molecule has 0 aliphatic heterocycles. The van der Waals surface area contributed by atoms with Crippen molar-refractivity contribution in [2.45, 2.75) is 32.8 Å². The first-order valence-electron chi connectivity index (χ1n) is 6.11. The minimum absolute atomic E-state index is 0.110. The predicted molar refractivity (Wildman–Crippen MR) is 71.3 cm³/mol. The molecule has 0 radical (unpaired) electrons. The van der Waals surface area contributed by atoms with Gasteiger partial charge in [-0.15, -0.1) is 0 Å². The maximum absolute atomic E-state index is 14.2. The number of benzene rings is 1. The quantitative estimate of drug-likeness (QED) is 0.779. The van der Waals surface area contributed by atoms with Gasteiger partial charge in [0.15, 0.2) is 0 Å². The van der Waals surface area contributed by atoms with Gasteiger partial charge in [0.25, 0.3) is 0 Å². The third-order valence-corrected chi connectivity index (χ3v) is 2.54. The fourth-order valence-corrected chi connectivity index (χ4v) is 1.81. The van der Waals surface area contributed by atoms with Gasteiger partial charge in [-0.25, -0.2) is 4.39 Å². The average molecular weight is 261 g/mol. The van der Waals surface area contributed by atoms with Crippen LogP contribution in [0.1, 0.15) is 26.3 Å². The predicted octanol–water partition coefficient (Wildman–Crippen LogP) is 3.26. The average Bonchev–Trinajstić information content (AvgIpc) is 2.31. The smallest absolute Gasteiger partial charge is 0.310 e. The van der Waals surface area contributed by atoms with Crippen LogP contribution in [0, 0.1) is 5.82 Å². The van der Waals surface area contributed by atoms with E-state index in [1.165, 1.54) is 6.20 Å². The SMILES string of the molecule is CC(C)(C)OC(=O)Cc1cnc2ccccc2c1F. The van der Waals surface area contributed by atoms with E-state index in [4.69, 9.17) is 4.74 Å². The Morgan fingerprint density at radius 1 is 1.32 bits per heavy atom. The van der Waals surface area contributed by atoms with Crippen LogP contribution in [0.3, 0.4) is 0 Å². The second-order valence-corrected chi connectivity index (χ2v) is 5.38. The van der Waals surface area contributed by atoms with Crippen LogP contribution in [-0.4, -0.2) is 16.6 Å². The van der Waals surface area contributed by atoms with Crippen LogP contribution in [0.4, 0.5) is 4.39 Å². The molecule has 0 fully saturated rings. The van der Waals surface area contributed by atoms with Crippen molar-refractivity contribution in [1.82, 2.24) is 4.98 Å². The molecule has 0 amide bonds. The van der Waals surface area contributed by atoms with Gasteiger partial charge in [-0.1, -0.05) is 12.1 Å². The Balaban J connectivity index is 2.26. The fourth-order valence-electron chi connectivity index (χ4n) is 1.81. The van der Waals surface area contributed by atoms with Crippen LogP contribution in [0.2, 0.25) is 0 Å². The number of rotatable bonds is 2. The van der Waals surface area contributed by atoms with Crippen molar-refractivity contribution in [3.63, 3.8) is 0 Å². The number of hydrogen-bond acceptors (Lipinski definition) is 3. The minimum Gasteiger partial charge on any atom is -0.460 e. The van der Waals surface area contributed by atoms with Crippen molar-refractivity contribution < 1.29 is 13.9 Å². The molecule has 19 heavy (non-hydrogen) atoms. The molecule has 0 spiro atoms. The molecule has 0 saturated carbocycles. The third kappa shape index (κ3) is 3.28. The molecule has 0 aliphatic rings. The first-order chi connectivity index (χ1) is 8.87. The molecule has 1 aromatic heterocycles. The monoisotopic (exact) mass is 261 g/mol. The highest BCUT2D eigenvalue weighted by atomic mass is 19.1. The first-order valence-corrected chi connectivity index (χ1v) is 6.11. The van der Waals surface area contributed by atoms with Crippen LogP contribution in [-0.2, 0) is 16.0 Å². The third-order valence-electron chi connectivity index (χ3n) is 2.54. The lowest BCUT2D eigenvalue weighted by atomic mass is 10.1. The summed E-state index contributed by atoms with van der Waals surface area (Å²) >= 11 is 0. The van der Waals surface area contributed by atoms with Gasteiger partial charge in [-0.2, -0.15) is 0 Å². The normalized spacial score (nSPS) is 11.6. The highest BCUT2D eigenvalue weighted by Crippen LogP contribution is 2.19. The zero-order chi connectivity index (χ0) is 14.0. The Morgan fingerprint density at radius 2 is 2.00 bits per heavy atom. The molecular formula is C15H16FNO2. The zero-order valence-corrected chi connectivity index (χ0v) is 11.2. The lowest BCUT2D eigenvalue weighted by Gasteiger charge is -2.19. The molecule has 1 heterocycles. The van der Waals surface area contributed by atoms with E-state index >= 15 is 0 Å². The van der Waals surface area contributed by atoms with E-state index < -0.39 is 17.4 Å². The van der Waals surface area contributed by atoms with Crippen molar-refractivity contribution in [2.24, 2.45) is 0 Å². The van der Waals surface area contributed by atoms with E-state index in [-0.39, 0.29) is 12.0 Å². The highest BCUT2D eigenvalue weighted by molar-refractivity contribution is 5.81. The molecule has 0 bridgehead atoms. The van der Waals surface area contributed by atoms with Gasteiger partial charge < -0.3 is 4.74 Å². The number of ether oxygens (including phenoxy) is 1. The summed E-state index contributed by atoms with van der Waals surface area (Å²) in [7, 11) is 0. The summed E-state index contributed by atoms with van der Waals surface area (Å²) in [4.78, 5) is 15.8. The number of carbonyl (C=O) groups is 1. The topological polar surface area (TPSA) is 39.2 Å². The molecule has 2 rings (SSSR count). The largest absolute Gasteiger partial charge is 0.460 e. The van der Waals surface area contributed by atoms with E-state index in [0.29, 0.717) is 10.9 Å². The van der Waals surface area contributed by atoms with Gasteiger partial charge in [-0.3, -0.25) is 9.78 Å². The van der Waals surface area contributed by atoms with Gasteiger partial charge in [0, 0.05) is 17.1 Å². The lowest BCUT2D eigenvalue weighted by molar-refractivity contribution is -0.153. The van der Waals surface area contributed by atoms with Crippen molar-refractivity contribution in [3.05, 3.63) is 41.8 Å². The number of carbonyl (C=O) groups excluding carboxylic acids is 1. The van der Waals surface area contributed by atoms with Crippen LogP contribution >= 0.6 is 0 Å². The zero-order valence-electron chi connectivity index (χ0n) is 11.2. The summed E-state index contributed by atoms with van der Waals surface area (Å²) in [5, 5.41) is 0.420. The Bertz CT molecular complexity index is 617. The summed E-state index contributed by atoms with van der Waals surface area (Å²) < 4.78 is 19.4. The Hall–Kier alpha value is -1.97. The molecule has 1 aromatic carbocycles. The fraction of sp³-hybridized carbons (Fsp3) is 0.333. The van der Waals surface area contributed by atoms with E-state index in [0.717, 1.165) is 0 Å². The molecule has 100 valence electrons. The van der Waals surface area contributed by atoms with Gasteiger partial charge >= 0.3 is 5.97 Å². The molecular weight excluding hydrogens is 245 g/mol. The lowest BCUT2D eigenvalue weighted by Crippen LogP contribution is -2.25. The van der Waals surface area contributed by atoms with Gasteiger partial charge in [0.05, 0.1) is 11.9 Å². The van der Waals surface area contributed by atoms with Crippen molar-refractivity contribution in [2.75, 3.05) is 0 Å². The van der Waals surface area contributed by atoms with Crippen LogP contribution < -0.4 is 0 Å². The maximum atomic E-state index is 14.2. The summed E-state index contributed by atoms with van der Waals surface area (Å²) in [5.74, 6) is -0.861. The maximum Gasteiger partial charge on any atom is 0.310 e. The van der Waals surface area contributed by atoms with Crippen LogP contribution in [0.15, 0.2) is 30.5 Å². The molecule has 0 N–H and O–H groups in total. The van der Waals surface area contributed by atoms with E-state index in [2.05, 4.69) is 4.98 Å². The summed E-state index contributed by atoms with van der Waals surface area (Å²) in [6.45, 7) is 5.33. The van der Waals surface area contributed by atoms with Crippen LogP contribution in [0.25, 0.3) is 10.9 Å². The molecule has 0 aliphatic carbocycles.